The number of hydrogen-bond donors (Lipinski definition) is 2. The van der Waals surface area contributed by atoms with Crippen molar-refractivity contribution < 1.29 is 9.90 Å². The number of nitrogens with zero attached hydrogens (tertiary/aromatic N) is 3. The molecule has 1 atom stereocenters. The van der Waals surface area contributed by atoms with Crippen LogP contribution in [-0.4, -0.2) is 46.8 Å². The van der Waals surface area contributed by atoms with E-state index >= 15 is 0 Å². The minimum Gasteiger partial charge on any atom is -0.392 e. The molecule has 1 aliphatic carbocycles. The number of hydrogen-bond acceptors (Lipinski definition) is 6. The van der Waals surface area contributed by atoms with Crippen LogP contribution in [0.5, 0.6) is 0 Å². The van der Waals surface area contributed by atoms with Gasteiger partial charge >= 0.3 is 0 Å². The van der Waals surface area contributed by atoms with E-state index in [1.165, 1.54) is 0 Å². The number of carbonyl (C=O) groups is 1. The SMILES string of the molecule is CC1=CN=C2N=C(Nc3c(Cl)cccc3Cl)N(C)C23CC(=O)CC(/C=C/CO)=C13. The molecule has 150 valence electrons. The minimum atomic E-state index is -0.792. The molecule has 0 radical (unpaired) electrons. The molecule has 0 aromatic heterocycles. The number of anilines is 1. The maximum Gasteiger partial charge on any atom is 0.205 e. The molecule has 1 unspecified atom stereocenters. The molecule has 2 N–H and O–H groups in total. The van der Waals surface area contributed by atoms with Gasteiger partial charge in [-0.1, -0.05) is 41.4 Å². The molecular weight excluding hydrogens is 411 g/mol. The van der Waals surface area contributed by atoms with Crippen molar-refractivity contribution in [2.24, 2.45) is 9.98 Å². The monoisotopic (exact) mass is 430 g/mol. The van der Waals surface area contributed by atoms with E-state index in [2.05, 4.69) is 15.3 Å². The number of aliphatic hydroxyl groups is 1. The van der Waals surface area contributed by atoms with Crippen molar-refractivity contribution >= 4 is 46.5 Å². The smallest absolute Gasteiger partial charge is 0.205 e. The zero-order valence-electron chi connectivity index (χ0n) is 16.0. The molecule has 1 aromatic rings. The molecule has 0 fully saturated rings. The summed E-state index contributed by atoms with van der Waals surface area (Å²) in [6.07, 6.45) is 5.82. The van der Waals surface area contributed by atoms with Crippen LogP contribution >= 0.6 is 23.2 Å². The van der Waals surface area contributed by atoms with Gasteiger partial charge in [-0.25, -0.2) is 4.99 Å². The average Bonchev–Trinajstić information content (AvgIpc) is 2.94. The van der Waals surface area contributed by atoms with Gasteiger partial charge in [0.1, 0.15) is 11.3 Å². The zero-order chi connectivity index (χ0) is 20.8. The summed E-state index contributed by atoms with van der Waals surface area (Å²) in [5.74, 6) is 1.15. The molecule has 1 spiro atoms. The van der Waals surface area contributed by atoms with Gasteiger partial charge < -0.3 is 15.3 Å². The standard InChI is InChI=1S/C21H20Cl2N4O2/c1-12-11-24-19-21(10-14(29)9-13(17(12)21)5-4-8-28)27(2)20(26-19)25-18-15(22)6-3-7-16(18)23/h3-7,11,28H,8-10H2,1-2H3,(H,24,25,26)/b5-4+. The van der Waals surface area contributed by atoms with Gasteiger partial charge in [-0.15, -0.1) is 0 Å². The summed E-state index contributed by atoms with van der Waals surface area (Å²) < 4.78 is 0. The number of nitrogens with one attached hydrogen (secondary N) is 1. The average molecular weight is 431 g/mol. The van der Waals surface area contributed by atoms with Crippen LogP contribution in [-0.2, 0) is 4.79 Å². The zero-order valence-corrected chi connectivity index (χ0v) is 17.6. The van der Waals surface area contributed by atoms with Crippen LogP contribution in [0.4, 0.5) is 5.69 Å². The highest BCUT2D eigenvalue weighted by Crippen LogP contribution is 2.47. The number of halogens is 2. The van der Waals surface area contributed by atoms with Gasteiger partial charge in [0.25, 0.3) is 0 Å². The Bertz CT molecular complexity index is 1030. The number of aliphatic hydroxyl groups excluding tert-OH is 1. The molecule has 2 aliphatic heterocycles. The molecule has 1 aromatic carbocycles. The Hall–Kier alpha value is -2.41. The first kappa shape index (κ1) is 19.9. The van der Waals surface area contributed by atoms with Gasteiger partial charge in [0.15, 0.2) is 5.84 Å². The fourth-order valence-corrected chi connectivity index (χ4v) is 4.69. The Morgan fingerprint density at radius 1 is 1.34 bits per heavy atom. The fraction of sp³-hybridized carbons (Fsp3) is 0.286. The van der Waals surface area contributed by atoms with Gasteiger partial charge in [0.05, 0.1) is 22.3 Å². The first-order valence-corrected chi connectivity index (χ1v) is 9.95. The molecule has 2 heterocycles. The van der Waals surface area contributed by atoms with E-state index in [4.69, 9.17) is 23.2 Å². The lowest BCUT2D eigenvalue weighted by Crippen LogP contribution is -2.56. The number of aliphatic imine (C=N–C) groups is 2. The lowest BCUT2D eigenvalue weighted by atomic mass is 9.71. The van der Waals surface area contributed by atoms with Crippen molar-refractivity contribution in [3.8, 4) is 0 Å². The second-order valence-electron chi connectivity index (χ2n) is 7.22. The molecule has 3 aliphatic rings. The highest BCUT2D eigenvalue weighted by molar-refractivity contribution is 6.40. The van der Waals surface area contributed by atoms with Crippen LogP contribution in [0, 0.1) is 0 Å². The van der Waals surface area contributed by atoms with Crippen molar-refractivity contribution in [1.82, 2.24) is 4.90 Å². The summed E-state index contributed by atoms with van der Waals surface area (Å²) >= 11 is 12.6. The van der Waals surface area contributed by atoms with Gasteiger partial charge in [-0.2, -0.15) is 4.99 Å². The van der Waals surface area contributed by atoms with Crippen LogP contribution in [0.2, 0.25) is 10.0 Å². The number of Topliss-reactive ketones (excluding diaryl/α,β-unsaturated/α-hetero) is 1. The molecule has 0 saturated heterocycles. The third kappa shape index (κ3) is 3.12. The quantitative estimate of drug-likeness (QED) is 0.760. The van der Waals surface area contributed by atoms with Crippen LogP contribution in [0.3, 0.4) is 0 Å². The molecule has 0 saturated carbocycles. The van der Waals surface area contributed by atoms with Crippen LogP contribution in [0.15, 0.2) is 63.3 Å². The van der Waals surface area contributed by atoms with Crippen LogP contribution in [0.1, 0.15) is 19.8 Å². The van der Waals surface area contributed by atoms with E-state index in [1.54, 1.807) is 30.5 Å². The molecule has 29 heavy (non-hydrogen) atoms. The Balaban J connectivity index is 1.83. The van der Waals surface area contributed by atoms with E-state index in [9.17, 15) is 9.90 Å². The molecule has 8 heteroatoms. The van der Waals surface area contributed by atoms with Crippen molar-refractivity contribution in [3.63, 3.8) is 0 Å². The summed E-state index contributed by atoms with van der Waals surface area (Å²) in [5.41, 5.74) is 2.60. The lowest BCUT2D eigenvalue weighted by Gasteiger charge is -2.44. The van der Waals surface area contributed by atoms with E-state index in [1.807, 2.05) is 24.9 Å². The van der Waals surface area contributed by atoms with E-state index in [0.717, 1.165) is 16.7 Å². The number of carbonyl (C=O) groups excluding carboxylic acids is 1. The van der Waals surface area contributed by atoms with Gasteiger partial charge in [0.2, 0.25) is 5.96 Å². The Labute approximate surface area is 178 Å². The number of guanidine groups is 1. The van der Waals surface area contributed by atoms with Crippen molar-refractivity contribution in [2.45, 2.75) is 25.3 Å². The second-order valence-corrected chi connectivity index (χ2v) is 8.03. The summed E-state index contributed by atoms with van der Waals surface area (Å²) in [7, 11) is 1.88. The van der Waals surface area contributed by atoms with E-state index < -0.39 is 5.54 Å². The van der Waals surface area contributed by atoms with E-state index in [-0.39, 0.29) is 18.8 Å². The highest BCUT2D eigenvalue weighted by atomic mass is 35.5. The number of amidine groups is 1. The van der Waals surface area contributed by atoms with Crippen molar-refractivity contribution in [2.75, 3.05) is 19.0 Å². The maximum absolute atomic E-state index is 12.7. The first-order chi connectivity index (χ1) is 13.9. The van der Waals surface area contributed by atoms with Gasteiger partial charge in [0, 0.05) is 26.1 Å². The Morgan fingerprint density at radius 3 is 2.76 bits per heavy atom. The van der Waals surface area contributed by atoms with Crippen molar-refractivity contribution in [3.05, 3.63) is 63.3 Å². The maximum atomic E-state index is 12.7. The predicted octanol–water partition coefficient (Wildman–Crippen LogP) is 3.97. The Kier molecular flexibility index (Phi) is 5.11. The molecule has 6 nitrogen and oxygen atoms in total. The fourth-order valence-electron chi connectivity index (χ4n) is 4.19. The molecule has 0 amide bonds. The molecular formula is C21H20Cl2N4O2. The molecule has 0 bridgehead atoms. The summed E-state index contributed by atoms with van der Waals surface area (Å²) in [6, 6.07) is 5.26. The third-order valence-electron chi connectivity index (χ3n) is 5.45. The Morgan fingerprint density at radius 2 is 2.07 bits per heavy atom. The molecule has 4 rings (SSSR count). The largest absolute Gasteiger partial charge is 0.392 e. The predicted molar refractivity (Wildman–Crippen MR) is 117 cm³/mol. The number of ketones is 1. The number of allylic oxidation sites excluding steroid dienone is 2. The second kappa shape index (κ2) is 7.44. The van der Waals surface area contributed by atoms with Crippen LogP contribution in [0.25, 0.3) is 0 Å². The van der Waals surface area contributed by atoms with Crippen LogP contribution < -0.4 is 5.32 Å². The number of likely N-dealkylation sites (N-methyl/N-ethyl adjacent to an activating group) is 1. The number of benzene rings is 1. The summed E-state index contributed by atoms with van der Waals surface area (Å²) in [6.45, 7) is 1.88. The highest BCUT2D eigenvalue weighted by Gasteiger charge is 2.55. The topological polar surface area (TPSA) is 77.3 Å². The van der Waals surface area contributed by atoms with E-state index in [0.29, 0.717) is 33.9 Å². The summed E-state index contributed by atoms with van der Waals surface area (Å²) in [5, 5.41) is 13.4. The van der Waals surface area contributed by atoms with Gasteiger partial charge in [-0.3, -0.25) is 4.79 Å². The third-order valence-corrected chi connectivity index (χ3v) is 6.08. The summed E-state index contributed by atoms with van der Waals surface area (Å²) in [4.78, 5) is 23.9. The minimum absolute atomic E-state index is 0.0906. The number of para-hydroxylation sites is 1. The normalized spacial score (nSPS) is 23.7. The lowest BCUT2D eigenvalue weighted by molar-refractivity contribution is -0.119. The van der Waals surface area contributed by atoms with Gasteiger partial charge in [-0.05, 0) is 35.8 Å². The van der Waals surface area contributed by atoms with Crippen molar-refractivity contribution in [1.29, 1.82) is 0 Å². The first-order valence-electron chi connectivity index (χ1n) is 9.20. The number of rotatable bonds is 3.